The first kappa shape index (κ1) is 16.9. The van der Waals surface area contributed by atoms with Crippen molar-refractivity contribution in [1.29, 1.82) is 0 Å². The van der Waals surface area contributed by atoms with Crippen molar-refractivity contribution in [2.75, 3.05) is 25.5 Å². The van der Waals surface area contributed by atoms with E-state index >= 15 is 0 Å². The standard InChI is InChI=1S/C17H21N5O3/c1-11-3-4-13(15(23)19-11)16(24)22-9-6-12(7-10-22)20-17-18-8-5-14(21-17)25-2/h3-5,8,12H,6-7,9-10H2,1-2H3,(H,19,23)(H,18,20,21). The summed E-state index contributed by atoms with van der Waals surface area (Å²) in [6.07, 6.45) is 3.16. The van der Waals surface area contributed by atoms with Gasteiger partial charge in [-0.3, -0.25) is 9.59 Å². The molecule has 0 aliphatic carbocycles. The van der Waals surface area contributed by atoms with Crippen molar-refractivity contribution >= 4 is 11.9 Å². The largest absolute Gasteiger partial charge is 0.481 e. The molecule has 1 fully saturated rings. The summed E-state index contributed by atoms with van der Waals surface area (Å²) in [5.41, 5.74) is 0.589. The Morgan fingerprint density at radius 3 is 2.76 bits per heavy atom. The van der Waals surface area contributed by atoms with Crippen LogP contribution < -0.4 is 15.6 Å². The lowest BCUT2D eigenvalue weighted by molar-refractivity contribution is 0.0716. The number of pyridine rings is 1. The minimum absolute atomic E-state index is 0.174. The molecule has 1 aliphatic rings. The zero-order chi connectivity index (χ0) is 17.8. The number of aromatic nitrogens is 3. The molecule has 132 valence electrons. The summed E-state index contributed by atoms with van der Waals surface area (Å²) < 4.78 is 5.08. The smallest absolute Gasteiger partial charge is 0.260 e. The number of aromatic amines is 1. The van der Waals surface area contributed by atoms with Gasteiger partial charge in [-0.2, -0.15) is 4.98 Å². The molecule has 1 amide bonds. The Bertz CT molecular complexity index is 812. The van der Waals surface area contributed by atoms with Crippen LogP contribution in [0.3, 0.4) is 0 Å². The summed E-state index contributed by atoms with van der Waals surface area (Å²) in [5.74, 6) is 0.792. The topological polar surface area (TPSA) is 100 Å². The molecule has 25 heavy (non-hydrogen) atoms. The fourth-order valence-corrected chi connectivity index (χ4v) is 2.85. The molecule has 3 rings (SSSR count). The van der Waals surface area contributed by atoms with Crippen LogP contribution in [0, 0.1) is 6.92 Å². The first-order valence-electron chi connectivity index (χ1n) is 8.19. The predicted molar refractivity (Wildman–Crippen MR) is 92.9 cm³/mol. The number of H-pyrrole nitrogens is 1. The Balaban J connectivity index is 1.59. The van der Waals surface area contributed by atoms with Gasteiger partial charge in [-0.05, 0) is 31.9 Å². The molecule has 0 atom stereocenters. The number of ether oxygens (including phenoxy) is 1. The van der Waals surface area contributed by atoms with E-state index in [2.05, 4.69) is 20.3 Å². The quantitative estimate of drug-likeness (QED) is 0.865. The van der Waals surface area contributed by atoms with Crippen LogP contribution in [0.1, 0.15) is 28.9 Å². The number of rotatable bonds is 4. The second-order valence-corrected chi connectivity index (χ2v) is 6.02. The molecular formula is C17H21N5O3. The number of nitrogens with zero attached hydrogens (tertiary/aromatic N) is 3. The highest BCUT2D eigenvalue weighted by Crippen LogP contribution is 2.17. The maximum atomic E-state index is 12.5. The second-order valence-electron chi connectivity index (χ2n) is 6.02. The molecule has 0 bridgehead atoms. The van der Waals surface area contributed by atoms with Gasteiger partial charge < -0.3 is 19.9 Å². The Morgan fingerprint density at radius 2 is 2.08 bits per heavy atom. The minimum atomic E-state index is -0.338. The zero-order valence-electron chi connectivity index (χ0n) is 14.3. The van der Waals surface area contributed by atoms with E-state index in [0.29, 0.717) is 24.9 Å². The second kappa shape index (κ2) is 7.33. The van der Waals surface area contributed by atoms with E-state index in [-0.39, 0.29) is 23.1 Å². The van der Waals surface area contributed by atoms with Crippen molar-refractivity contribution < 1.29 is 9.53 Å². The Hall–Kier alpha value is -2.90. The van der Waals surface area contributed by atoms with E-state index in [1.54, 1.807) is 43.3 Å². The van der Waals surface area contributed by atoms with E-state index in [1.807, 2.05) is 0 Å². The van der Waals surface area contributed by atoms with Gasteiger partial charge >= 0.3 is 0 Å². The van der Waals surface area contributed by atoms with Gasteiger partial charge in [0.25, 0.3) is 11.5 Å². The summed E-state index contributed by atoms with van der Waals surface area (Å²) in [6.45, 7) is 2.94. The van der Waals surface area contributed by atoms with Crippen molar-refractivity contribution in [3.8, 4) is 5.88 Å². The molecule has 8 nitrogen and oxygen atoms in total. The van der Waals surface area contributed by atoms with Crippen molar-refractivity contribution in [2.45, 2.75) is 25.8 Å². The summed E-state index contributed by atoms with van der Waals surface area (Å²) in [7, 11) is 1.56. The van der Waals surface area contributed by atoms with Gasteiger partial charge in [0.15, 0.2) is 0 Å². The average Bonchev–Trinajstić information content (AvgIpc) is 2.62. The third-order valence-electron chi connectivity index (χ3n) is 4.24. The van der Waals surface area contributed by atoms with Crippen LogP contribution in [0.5, 0.6) is 5.88 Å². The van der Waals surface area contributed by atoms with Gasteiger partial charge in [-0.1, -0.05) is 0 Å². The number of hydrogen-bond donors (Lipinski definition) is 2. The highest BCUT2D eigenvalue weighted by Gasteiger charge is 2.25. The van der Waals surface area contributed by atoms with Crippen molar-refractivity contribution in [3.63, 3.8) is 0 Å². The normalized spacial score (nSPS) is 15.0. The Morgan fingerprint density at radius 1 is 1.32 bits per heavy atom. The lowest BCUT2D eigenvalue weighted by atomic mass is 10.0. The van der Waals surface area contributed by atoms with Crippen molar-refractivity contribution in [3.05, 3.63) is 46.0 Å². The fraction of sp³-hybridized carbons (Fsp3) is 0.412. The first-order chi connectivity index (χ1) is 12.1. The van der Waals surface area contributed by atoms with Crippen molar-refractivity contribution in [2.24, 2.45) is 0 Å². The number of anilines is 1. The lowest BCUT2D eigenvalue weighted by Gasteiger charge is -2.32. The number of piperidine rings is 1. The van der Waals surface area contributed by atoms with Crippen LogP contribution in [0.25, 0.3) is 0 Å². The number of carbonyl (C=O) groups is 1. The van der Waals surface area contributed by atoms with E-state index in [9.17, 15) is 9.59 Å². The number of aryl methyl sites for hydroxylation is 1. The van der Waals surface area contributed by atoms with Crippen LogP contribution in [0.4, 0.5) is 5.95 Å². The van der Waals surface area contributed by atoms with Crippen molar-refractivity contribution in [1.82, 2.24) is 19.9 Å². The maximum absolute atomic E-state index is 12.5. The van der Waals surface area contributed by atoms with E-state index in [4.69, 9.17) is 4.74 Å². The molecule has 1 aliphatic heterocycles. The lowest BCUT2D eigenvalue weighted by Crippen LogP contribution is -2.44. The number of carbonyl (C=O) groups excluding carboxylic acids is 1. The Labute approximate surface area is 145 Å². The highest BCUT2D eigenvalue weighted by molar-refractivity contribution is 5.93. The summed E-state index contributed by atoms with van der Waals surface area (Å²) in [6, 6.07) is 5.19. The number of nitrogens with one attached hydrogen (secondary N) is 2. The molecule has 0 saturated carbocycles. The summed E-state index contributed by atoms with van der Waals surface area (Å²) in [5, 5.41) is 3.27. The van der Waals surface area contributed by atoms with Crippen LogP contribution in [0.15, 0.2) is 29.2 Å². The monoisotopic (exact) mass is 343 g/mol. The van der Waals surface area contributed by atoms with Crippen LogP contribution >= 0.6 is 0 Å². The van der Waals surface area contributed by atoms with Gasteiger partial charge in [-0.15, -0.1) is 0 Å². The summed E-state index contributed by atoms with van der Waals surface area (Å²) in [4.78, 5) is 37.3. The molecule has 2 N–H and O–H groups in total. The minimum Gasteiger partial charge on any atom is -0.481 e. The van der Waals surface area contributed by atoms with Gasteiger partial charge in [0, 0.05) is 37.1 Å². The molecule has 2 aromatic heterocycles. The molecule has 0 aromatic carbocycles. The van der Waals surface area contributed by atoms with Crippen LogP contribution in [-0.4, -0.2) is 52.0 Å². The SMILES string of the molecule is COc1ccnc(NC2CCN(C(=O)c3ccc(C)[nH]c3=O)CC2)n1. The van der Waals surface area contributed by atoms with E-state index in [0.717, 1.165) is 18.5 Å². The third kappa shape index (κ3) is 3.96. The predicted octanol–water partition coefficient (Wildman–Crippen LogP) is 1.20. The molecule has 3 heterocycles. The highest BCUT2D eigenvalue weighted by atomic mass is 16.5. The van der Waals surface area contributed by atoms with Crippen LogP contribution in [-0.2, 0) is 0 Å². The number of methoxy groups -OCH3 is 1. The number of likely N-dealkylation sites (tertiary alicyclic amines) is 1. The molecule has 0 unspecified atom stereocenters. The van der Waals surface area contributed by atoms with E-state index < -0.39 is 0 Å². The average molecular weight is 343 g/mol. The van der Waals surface area contributed by atoms with Gasteiger partial charge in [0.1, 0.15) is 5.56 Å². The van der Waals surface area contributed by atoms with Gasteiger partial charge in [-0.25, -0.2) is 4.98 Å². The molecular weight excluding hydrogens is 322 g/mol. The zero-order valence-corrected chi connectivity index (χ0v) is 14.3. The summed E-state index contributed by atoms with van der Waals surface area (Å²) >= 11 is 0. The maximum Gasteiger partial charge on any atom is 0.260 e. The molecule has 2 aromatic rings. The molecule has 0 radical (unpaired) electrons. The fourth-order valence-electron chi connectivity index (χ4n) is 2.85. The first-order valence-corrected chi connectivity index (χ1v) is 8.19. The Kier molecular flexibility index (Phi) is 4.97. The van der Waals surface area contributed by atoms with Gasteiger partial charge in [0.2, 0.25) is 11.8 Å². The number of hydrogen-bond acceptors (Lipinski definition) is 6. The molecule has 8 heteroatoms. The van der Waals surface area contributed by atoms with Crippen LogP contribution in [0.2, 0.25) is 0 Å². The number of amides is 1. The van der Waals surface area contributed by atoms with E-state index in [1.165, 1.54) is 0 Å². The molecule has 1 saturated heterocycles. The molecule has 0 spiro atoms. The van der Waals surface area contributed by atoms with Gasteiger partial charge in [0.05, 0.1) is 7.11 Å². The third-order valence-corrected chi connectivity index (χ3v) is 4.24.